The van der Waals surface area contributed by atoms with Gasteiger partial charge in [-0.1, -0.05) is 65.7 Å². The second kappa shape index (κ2) is 10.1. The number of hydrogen-bond acceptors (Lipinski definition) is 3. The van der Waals surface area contributed by atoms with E-state index in [9.17, 15) is 9.59 Å². The van der Waals surface area contributed by atoms with Gasteiger partial charge >= 0.3 is 0 Å². The van der Waals surface area contributed by atoms with Crippen molar-refractivity contribution in [2.75, 3.05) is 25.0 Å². The zero-order valence-corrected chi connectivity index (χ0v) is 18.8. The van der Waals surface area contributed by atoms with Gasteiger partial charge in [0.25, 0.3) is 11.8 Å². The lowest BCUT2D eigenvalue weighted by Gasteiger charge is -2.19. The van der Waals surface area contributed by atoms with Crippen molar-refractivity contribution in [2.45, 2.75) is 12.3 Å². The summed E-state index contributed by atoms with van der Waals surface area (Å²) in [7, 11) is 0. The van der Waals surface area contributed by atoms with Crippen molar-refractivity contribution >= 4 is 40.7 Å². The molecule has 4 rings (SSSR count). The summed E-state index contributed by atoms with van der Waals surface area (Å²) in [6.07, 6.45) is 0.917. The summed E-state index contributed by atoms with van der Waals surface area (Å²) in [5.74, 6) is 0.194. The fourth-order valence-electron chi connectivity index (χ4n) is 3.81. The molecule has 0 aliphatic carbocycles. The molecule has 5 nitrogen and oxygen atoms in total. The molecule has 32 heavy (non-hydrogen) atoms. The molecule has 1 saturated heterocycles. The van der Waals surface area contributed by atoms with E-state index in [1.165, 1.54) is 5.56 Å². The summed E-state index contributed by atoms with van der Waals surface area (Å²) in [4.78, 5) is 27.5. The van der Waals surface area contributed by atoms with Gasteiger partial charge in [-0.05, 0) is 42.3 Å². The van der Waals surface area contributed by atoms with Gasteiger partial charge in [-0.25, -0.2) is 0 Å². The highest BCUT2D eigenvalue weighted by Crippen LogP contribution is 2.30. The number of carbonyl (C=O) groups is 2. The number of carbonyl (C=O) groups excluding carboxylic acids is 2. The molecule has 1 heterocycles. The van der Waals surface area contributed by atoms with Gasteiger partial charge in [-0.3, -0.25) is 9.59 Å². The lowest BCUT2D eigenvalue weighted by molar-refractivity contribution is -0.118. The first-order valence-electron chi connectivity index (χ1n) is 10.3. The molecule has 0 spiro atoms. The summed E-state index contributed by atoms with van der Waals surface area (Å²) in [5.41, 5.74) is 2.15. The molecule has 1 atom stereocenters. The Kier molecular flexibility index (Phi) is 6.98. The number of anilines is 1. The van der Waals surface area contributed by atoms with Crippen molar-refractivity contribution < 1.29 is 14.3 Å². The third kappa shape index (κ3) is 5.23. The summed E-state index contributed by atoms with van der Waals surface area (Å²) >= 11 is 12.0. The summed E-state index contributed by atoms with van der Waals surface area (Å²) in [6, 6.07) is 22.0. The maximum atomic E-state index is 13.2. The third-order valence-corrected chi connectivity index (χ3v) is 5.96. The molecule has 1 fully saturated rings. The van der Waals surface area contributed by atoms with Crippen LogP contribution in [0.1, 0.15) is 28.3 Å². The molecule has 0 saturated carbocycles. The third-order valence-electron chi connectivity index (χ3n) is 5.43. The van der Waals surface area contributed by atoms with Crippen LogP contribution in [-0.2, 0) is 4.79 Å². The normalized spacial score (nSPS) is 15.4. The minimum absolute atomic E-state index is 0.0963. The van der Waals surface area contributed by atoms with Gasteiger partial charge < -0.3 is 15.0 Å². The highest BCUT2D eigenvalue weighted by atomic mass is 35.5. The minimum Gasteiger partial charge on any atom is -0.482 e. The lowest BCUT2D eigenvalue weighted by atomic mass is 9.99. The Balaban J connectivity index is 1.40. The van der Waals surface area contributed by atoms with Crippen LogP contribution in [0, 0.1) is 0 Å². The van der Waals surface area contributed by atoms with Crippen LogP contribution in [-0.4, -0.2) is 36.4 Å². The SMILES string of the molecule is O=C(COc1ccc(Cl)cc1Cl)Nc1ccccc1C(=O)N1CCC(c2ccccc2)C1. The van der Waals surface area contributed by atoms with Crippen LogP contribution in [0.25, 0.3) is 0 Å². The first-order chi connectivity index (χ1) is 15.5. The molecule has 0 bridgehead atoms. The van der Waals surface area contributed by atoms with E-state index in [-0.39, 0.29) is 18.4 Å². The molecule has 1 aliphatic rings. The Morgan fingerprint density at radius 2 is 1.75 bits per heavy atom. The minimum atomic E-state index is -0.389. The van der Waals surface area contributed by atoms with Gasteiger partial charge in [0.15, 0.2) is 6.61 Å². The van der Waals surface area contributed by atoms with E-state index >= 15 is 0 Å². The smallest absolute Gasteiger partial charge is 0.262 e. The predicted octanol–water partition coefficient (Wildman–Crippen LogP) is 5.64. The van der Waals surface area contributed by atoms with Gasteiger partial charge in [0, 0.05) is 24.0 Å². The van der Waals surface area contributed by atoms with Gasteiger partial charge in [0.05, 0.1) is 16.3 Å². The van der Waals surface area contributed by atoms with E-state index in [0.717, 1.165) is 6.42 Å². The van der Waals surface area contributed by atoms with Gasteiger partial charge in [-0.2, -0.15) is 0 Å². The first kappa shape index (κ1) is 22.2. The van der Waals surface area contributed by atoms with Crippen molar-refractivity contribution in [1.29, 1.82) is 0 Å². The van der Waals surface area contributed by atoms with Crippen molar-refractivity contribution in [3.63, 3.8) is 0 Å². The number of amides is 2. The van der Waals surface area contributed by atoms with Gasteiger partial charge in [-0.15, -0.1) is 0 Å². The van der Waals surface area contributed by atoms with E-state index in [0.29, 0.717) is 46.1 Å². The zero-order valence-electron chi connectivity index (χ0n) is 17.3. The fourth-order valence-corrected chi connectivity index (χ4v) is 4.28. The summed E-state index contributed by atoms with van der Waals surface area (Å²) < 4.78 is 5.49. The number of ether oxygens (including phenoxy) is 1. The number of halogens is 2. The molecule has 1 unspecified atom stereocenters. The second-order valence-corrected chi connectivity index (χ2v) is 8.45. The molecule has 1 aliphatic heterocycles. The number of rotatable bonds is 6. The number of hydrogen-bond donors (Lipinski definition) is 1. The van der Waals surface area contributed by atoms with Crippen molar-refractivity contribution in [3.8, 4) is 5.75 Å². The maximum Gasteiger partial charge on any atom is 0.262 e. The topological polar surface area (TPSA) is 58.6 Å². The van der Waals surface area contributed by atoms with Crippen molar-refractivity contribution in [1.82, 2.24) is 4.90 Å². The second-order valence-electron chi connectivity index (χ2n) is 7.60. The maximum absolute atomic E-state index is 13.2. The highest BCUT2D eigenvalue weighted by Gasteiger charge is 2.29. The molecular weight excluding hydrogens is 447 g/mol. The fraction of sp³-hybridized carbons (Fsp3) is 0.200. The number of para-hydroxylation sites is 1. The van der Waals surface area contributed by atoms with Crippen molar-refractivity contribution in [3.05, 3.63) is 94.0 Å². The van der Waals surface area contributed by atoms with E-state index in [2.05, 4.69) is 17.4 Å². The average Bonchev–Trinajstić information content (AvgIpc) is 3.29. The Bertz CT molecular complexity index is 1120. The molecular formula is C25H22Cl2N2O3. The Morgan fingerprint density at radius 1 is 1.00 bits per heavy atom. The standard InChI is InChI=1S/C25H22Cl2N2O3/c26-19-10-11-23(21(27)14-19)32-16-24(30)28-22-9-5-4-8-20(22)25(31)29-13-12-18(15-29)17-6-2-1-3-7-17/h1-11,14,18H,12-13,15-16H2,(H,28,30). The van der Waals surface area contributed by atoms with Crippen LogP contribution in [0.5, 0.6) is 5.75 Å². The molecule has 3 aromatic carbocycles. The van der Waals surface area contributed by atoms with E-state index in [1.807, 2.05) is 23.1 Å². The van der Waals surface area contributed by atoms with Crippen molar-refractivity contribution in [2.24, 2.45) is 0 Å². The van der Waals surface area contributed by atoms with Crippen LogP contribution in [0.4, 0.5) is 5.69 Å². The zero-order chi connectivity index (χ0) is 22.5. The number of benzene rings is 3. The predicted molar refractivity (Wildman–Crippen MR) is 127 cm³/mol. The van der Waals surface area contributed by atoms with Crippen LogP contribution in [0.2, 0.25) is 10.0 Å². The van der Waals surface area contributed by atoms with E-state index in [1.54, 1.807) is 42.5 Å². The molecule has 2 amide bonds. The Hall–Kier alpha value is -3.02. The van der Waals surface area contributed by atoms with Crippen LogP contribution in [0.3, 0.4) is 0 Å². The lowest BCUT2D eigenvalue weighted by Crippen LogP contribution is -2.30. The Labute approximate surface area is 196 Å². The number of nitrogens with one attached hydrogen (secondary N) is 1. The average molecular weight is 469 g/mol. The van der Waals surface area contributed by atoms with Crippen LogP contribution >= 0.6 is 23.2 Å². The molecule has 7 heteroatoms. The van der Waals surface area contributed by atoms with E-state index in [4.69, 9.17) is 27.9 Å². The number of nitrogens with zero attached hydrogens (tertiary/aromatic N) is 1. The number of likely N-dealkylation sites (tertiary alicyclic amines) is 1. The van der Waals surface area contributed by atoms with Crippen LogP contribution < -0.4 is 10.1 Å². The Morgan fingerprint density at radius 3 is 2.53 bits per heavy atom. The van der Waals surface area contributed by atoms with Gasteiger partial charge in [0.1, 0.15) is 5.75 Å². The quantitative estimate of drug-likeness (QED) is 0.508. The summed E-state index contributed by atoms with van der Waals surface area (Å²) in [5, 5.41) is 3.58. The van der Waals surface area contributed by atoms with Crippen LogP contribution in [0.15, 0.2) is 72.8 Å². The molecule has 0 aromatic heterocycles. The van der Waals surface area contributed by atoms with E-state index < -0.39 is 0 Å². The molecule has 3 aromatic rings. The first-order valence-corrected chi connectivity index (χ1v) is 11.1. The highest BCUT2D eigenvalue weighted by molar-refractivity contribution is 6.35. The summed E-state index contributed by atoms with van der Waals surface area (Å²) in [6.45, 7) is 1.09. The largest absolute Gasteiger partial charge is 0.482 e. The molecule has 0 radical (unpaired) electrons. The molecule has 1 N–H and O–H groups in total. The monoisotopic (exact) mass is 468 g/mol. The molecule has 164 valence electrons. The van der Waals surface area contributed by atoms with Gasteiger partial charge in [0.2, 0.25) is 0 Å².